The fraction of sp³-hybridized carbons (Fsp3) is 0.885. The second-order valence-corrected chi connectivity index (χ2v) is 11.6. The number of nitrogens with one attached hydrogen (secondary N) is 2. The third kappa shape index (κ3) is 3.76. The molecule has 2 bridgehead atoms. The summed E-state index contributed by atoms with van der Waals surface area (Å²) in [7, 11) is 0. The summed E-state index contributed by atoms with van der Waals surface area (Å²) in [4.78, 5) is 43.0. The molecule has 3 saturated heterocycles. The first-order valence-corrected chi connectivity index (χ1v) is 13.3. The lowest BCUT2D eigenvalue weighted by molar-refractivity contribution is -0.152. The van der Waals surface area contributed by atoms with Crippen molar-refractivity contribution in [3.8, 4) is 0 Å². The van der Waals surface area contributed by atoms with Crippen LogP contribution in [0.1, 0.15) is 79.6 Å². The lowest BCUT2D eigenvalue weighted by atomic mass is 9.62. The maximum atomic E-state index is 14.1. The maximum Gasteiger partial charge on any atom is 0.246 e. The molecule has 192 valence electrons. The third-order valence-corrected chi connectivity index (χ3v) is 9.10. The molecule has 4 aliphatic rings. The number of hydrogen-bond acceptors (Lipinski definition) is 5. The Balaban J connectivity index is 1.75. The van der Waals surface area contributed by atoms with Crippen LogP contribution < -0.4 is 10.6 Å². The number of carbonyl (C=O) groups is 3. The molecule has 1 aliphatic carbocycles. The Bertz CT molecular complexity index is 812. The van der Waals surface area contributed by atoms with Gasteiger partial charge in [-0.25, -0.2) is 0 Å². The molecule has 8 heteroatoms. The highest BCUT2D eigenvalue weighted by atomic mass is 16.5. The topological polar surface area (TPSA) is 108 Å². The number of rotatable bonds is 8. The Labute approximate surface area is 203 Å². The van der Waals surface area contributed by atoms with Crippen molar-refractivity contribution in [2.75, 3.05) is 13.2 Å². The molecular weight excluding hydrogens is 434 g/mol. The highest BCUT2D eigenvalue weighted by Crippen LogP contribution is 2.65. The van der Waals surface area contributed by atoms with Gasteiger partial charge < -0.3 is 25.4 Å². The number of nitrogens with zero attached hydrogens (tertiary/aromatic N) is 1. The molecule has 3 heterocycles. The van der Waals surface area contributed by atoms with Gasteiger partial charge in [-0.05, 0) is 44.4 Å². The molecular formula is C26H43N3O5. The Hall–Kier alpha value is -1.67. The summed E-state index contributed by atoms with van der Waals surface area (Å²) in [6.07, 6.45) is 6.58. The molecule has 3 unspecified atom stereocenters. The van der Waals surface area contributed by atoms with Gasteiger partial charge in [-0.1, -0.05) is 47.0 Å². The minimum Gasteiger partial charge on any atom is -0.394 e. The predicted molar refractivity (Wildman–Crippen MR) is 128 cm³/mol. The summed E-state index contributed by atoms with van der Waals surface area (Å²) in [5, 5.41) is 16.5. The largest absolute Gasteiger partial charge is 0.394 e. The van der Waals surface area contributed by atoms with Crippen molar-refractivity contribution in [1.29, 1.82) is 0 Å². The molecule has 8 nitrogen and oxygen atoms in total. The monoisotopic (exact) mass is 477 g/mol. The van der Waals surface area contributed by atoms with Crippen LogP contribution in [0.5, 0.6) is 0 Å². The van der Waals surface area contributed by atoms with Gasteiger partial charge in [-0.15, -0.1) is 0 Å². The van der Waals surface area contributed by atoms with E-state index in [-0.39, 0.29) is 42.2 Å². The number of likely N-dealkylation sites (tertiary alicyclic amines) is 1. The second-order valence-electron chi connectivity index (χ2n) is 11.6. The number of hydrogen-bond donors (Lipinski definition) is 3. The number of carbonyl (C=O) groups excluding carboxylic acids is 3. The van der Waals surface area contributed by atoms with E-state index in [9.17, 15) is 19.5 Å². The van der Waals surface area contributed by atoms with E-state index < -0.39 is 35.1 Å². The average Bonchev–Trinajstić information content (AvgIpc) is 3.30. The van der Waals surface area contributed by atoms with Crippen molar-refractivity contribution in [3.05, 3.63) is 0 Å². The van der Waals surface area contributed by atoms with Crippen LogP contribution >= 0.6 is 0 Å². The Kier molecular flexibility index (Phi) is 7.04. The number of aliphatic hydroxyl groups is 1. The zero-order chi connectivity index (χ0) is 24.8. The van der Waals surface area contributed by atoms with E-state index in [2.05, 4.69) is 17.6 Å². The van der Waals surface area contributed by atoms with Crippen molar-refractivity contribution in [2.45, 2.75) is 109 Å². The SMILES string of the molecule is CCCNC(=O)[C@@H]1[C@H]2C(=O)N([C@@H](CO)C(C)C)C(C(=O)NC3CCCCC3)C23CC(C)[C@@]1(C)O3. The van der Waals surface area contributed by atoms with Crippen LogP contribution in [0.3, 0.4) is 0 Å². The molecule has 3 amide bonds. The third-order valence-electron chi connectivity index (χ3n) is 9.10. The highest BCUT2D eigenvalue weighted by Gasteiger charge is 2.80. The van der Waals surface area contributed by atoms with Gasteiger partial charge >= 0.3 is 0 Å². The zero-order valence-corrected chi connectivity index (χ0v) is 21.4. The van der Waals surface area contributed by atoms with Gasteiger partial charge in [0.05, 0.1) is 30.1 Å². The van der Waals surface area contributed by atoms with Gasteiger partial charge in [0.15, 0.2) is 0 Å². The van der Waals surface area contributed by atoms with Crippen LogP contribution in [0.25, 0.3) is 0 Å². The van der Waals surface area contributed by atoms with Crippen molar-refractivity contribution in [2.24, 2.45) is 23.7 Å². The van der Waals surface area contributed by atoms with Gasteiger partial charge in [0.1, 0.15) is 11.6 Å². The van der Waals surface area contributed by atoms with E-state index in [1.54, 1.807) is 4.90 Å². The van der Waals surface area contributed by atoms with E-state index in [4.69, 9.17) is 4.74 Å². The second kappa shape index (κ2) is 9.41. The summed E-state index contributed by atoms with van der Waals surface area (Å²) in [6.45, 7) is 10.2. The minimum absolute atomic E-state index is 0.0190. The van der Waals surface area contributed by atoms with Gasteiger partial charge in [-0.3, -0.25) is 14.4 Å². The minimum atomic E-state index is -1.06. The van der Waals surface area contributed by atoms with E-state index in [0.717, 1.165) is 32.1 Å². The molecule has 0 aromatic rings. The van der Waals surface area contributed by atoms with E-state index in [1.165, 1.54) is 6.42 Å². The summed E-state index contributed by atoms with van der Waals surface area (Å²) in [5.41, 5.74) is -1.86. The Morgan fingerprint density at radius 1 is 1.21 bits per heavy atom. The quantitative estimate of drug-likeness (QED) is 0.496. The van der Waals surface area contributed by atoms with Gasteiger partial charge in [0.25, 0.3) is 0 Å². The van der Waals surface area contributed by atoms with E-state index in [1.807, 2.05) is 27.7 Å². The molecule has 1 spiro atoms. The fourth-order valence-corrected chi connectivity index (χ4v) is 7.24. The Morgan fingerprint density at radius 3 is 2.47 bits per heavy atom. The first kappa shape index (κ1) is 25.4. The van der Waals surface area contributed by atoms with E-state index >= 15 is 0 Å². The fourth-order valence-electron chi connectivity index (χ4n) is 7.24. The Morgan fingerprint density at radius 2 is 1.88 bits per heavy atom. The van der Waals surface area contributed by atoms with Crippen LogP contribution in [-0.2, 0) is 19.1 Å². The molecule has 3 aliphatic heterocycles. The average molecular weight is 478 g/mol. The van der Waals surface area contributed by atoms with Gasteiger partial charge in [-0.2, -0.15) is 0 Å². The maximum absolute atomic E-state index is 14.1. The number of fused-ring (bicyclic) bond motifs is 1. The first-order valence-electron chi connectivity index (χ1n) is 13.3. The number of ether oxygens (including phenoxy) is 1. The van der Waals surface area contributed by atoms with Crippen LogP contribution in [-0.4, -0.2) is 70.2 Å². The molecule has 0 aromatic heterocycles. The molecule has 1 saturated carbocycles. The molecule has 4 rings (SSSR count). The van der Waals surface area contributed by atoms with Crippen molar-refractivity contribution < 1.29 is 24.2 Å². The number of aliphatic hydroxyl groups excluding tert-OH is 1. The van der Waals surface area contributed by atoms with Crippen molar-refractivity contribution in [1.82, 2.24) is 15.5 Å². The van der Waals surface area contributed by atoms with E-state index in [0.29, 0.717) is 13.0 Å². The smallest absolute Gasteiger partial charge is 0.246 e. The summed E-state index contributed by atoms with van der Waals surface area (Å²) >= 11 is 0. The standard InChI is InChI=1S/C26H43N3O5/c1-6-12-27-22(31)19-20-24(33)29(18(14-30)15(2)3)21(23(32)28-17-10-8-7-9-11-17)26(20)13-16(4)25(19,5)34-26/h15-21,30H,6-14H2,1-5H3,(H,27,31)(H,28,32)/t16?,18-,19-,20-,21?,25+,26?/m0/s1. The van der Waals surface area contributed by atoms with Crippen molar-refractivity contribution in [3.63, 3.8) is 0 Å². The summed E-state index contributed by atoms with van der Waals surface area (Å²) < 4.78 is 6.73. The van der Waals surface area contributed by atoms with Crippen LogP contribution in [0.4, 0.5) is 0 Å². The molecule has 4 fully saturated rings. The van der Waals surface area contributed by atoms with Gasteiger partial charge in [0.2, 0.25) is 17.7 Å². The lowest BCUT2D eigenvalue weighted by Gasteiger charge is -2.39. The number of amides is 3. The molecule has 3 N–H and O–H groups in total. The summed E-state index contributed by atoms with van der Waals surface area (Å²) in [5.74, 6) is -2.01. The molecule has 34 heavy (non-hydrogen) atoms. The first-order chi connectivity index (χ1) is 16.1. The van der Waals surface area contributed by atoms with Crippen molar-refractivity contribution >= 4 is 17.7 Å². The van der Waals surface area contributed by atoms with Crippen LogP contribution in [0, 0.1) is 23.7 Å². The molecule has 0 radical (unpaired) electrons. The molecule has 0 aromatic carbocycles. The van der Waals surface area contributed by atoms with Gasteiger partial charge in [0, 0.05) is 12.6 Å². The zero-order valence-electron chi connectivity index (χ0n) is 21.4. The predicted octanol–water partition coefficient (Wildman–Crippen LogP) is 1.99. The normalized spacial score (nSPS) is 38.3. The van der Waals surface area contributed by atoms with Crippen LogP contribution in [0.15, 0.2) is 0 Å². The lowest BCUT2D eigenvalue weighted by Crippen LogP contribution is -2.60. The molecule has 7 atom stereocenters. The summed E-state index contributed by atoms with van der Waals surface area (Å²) in [6, 6.07) is -1.27. The highest BCUT2D eigenvalue weighted by molar-refractivity contribution is 5.99. The van der Waals surface area contributed by atoms with Crippen LogP contribution in [0.2, 0.25) is 0 Å².